The Labute approximate surface area is 74.1 Å². The van der Waals surface area contributed by atoms with Crippen molar-refractivity contribution < 1.29 is 9.18 Å². The molecule has 0 fully saturated rings. The number of halogens is 2. The third-order valence-electron chi connectivity index (χ3n) is 1.51. The number of aryl methyl sites for hydroxylation is 1. The highest BCUT2D eigenvalue weighted by Crippen LogP contribution is 2.19. The van der Waals surface area contributed by atoms with Gasteiger partial charge in [-0.2, -0.15) is 0 Å². The van der Waals surface area contributed by atoms with Crippen molar-refractivity contribution in [3.63, 3.8) is 0 Å². The number of nitrogens with two attached hydrogens (primary N) is 1. The molecule has 0 aliphatic carbocycles. The Morgan fingerprint density at radius 1 is 1.58 bits per heavy atom. The molecule has 2 nitrogen and oxygen atoms in total. The van der Waals surface area contributed by atoms with Crippen LogP contribution in [0.15, 0.2) is 12.1 Å². The SMILES string of the molecule is Cc1cc(C(N)=O)c(F)cc1Cl. The smallest absolute Gasteiger partial charge is 0.251 e. The van der Waals surface area contributed by atoms with E-state index in [1.807, 2.05) is 0 Å². The fraction of sp³-hybridized carbons (Fsp3) is 0.125. The van der Waals surface area contributed by atoms with E-state index in [0.29, 0.717) is 5.56 Å². The number of primary amides is 1. The molecule has 1 rings (SSSR count). The summed E-state index contributed by atoms with van der Waals surface area (Å²) in [6, 6.07) is 2.41. The Balaban J connectivity index is 3.33. The molecule has 12 heavy (non-hydrogen) atoms. The van der Waals surface area contributed by atoms with Crippen molar-refractivity contribution in [3.8, 4) is 0 Å². The predicted molar refractivity (Wildman–Crippen MR) is 44.7 cm³/mol. The molecule has 0 aliphatic heterocycles. The van der Waals surface area contributed by atoms with E-state index in [-0.39, 0.29) is 10.6 Å². The van der Waals surface area contributed by atoms with Crippen LogP contribution < -0.4 is 5.73 Å². The Bertz CT molecular complexity index is 338. The van der Waals surface area contributed by atoms with Crippen LogP contribution in [-0.4, -0.2) is 5.91 Å². The van der Waals surface area contributed by atoms with Crippen LogP contribution in [0.3, 0.4) is 0 Å². The average molecular weight is 188 g/mol. The minimum atomic E-state index is -0.785. The standard InChI is InChI=1S/C8H7ClFNO/c1-4-2-5(8(11)12)7(10)3-6(4)9/h2-3H,1H3,(H2,11,12). The number of amides is 1. The van der Waals surface area contributed by atoms with Gasteiger partial charge in [-0.3, -0.25) is 4.79 Å². The molecular formula is C8H7ClFNO. The number of carbonyl (C=O) groups is 1. The minimum Gasteiger partial charge on any atom is -0.366 e. The Morgan fingerprint density at radius 2 is 2.17 bits per heavy atom. The van der Waals surface area contributed by atoms with Gasteiger partial charge in [0, 0.05) is 5.02 Å². The first-order chi connectivity index (χ1) is 5.52. The van der Waals surface area contributed by atoms with Crippen LogP contribution in [-0.2, 0) is 0 Å². The Kier molecular flexibility index (Phi) is 2.33. The van der Waals surface area contributed by atoms with Crippen molar-refractivity contribution in [1.29, 1.82) is 0 Å². The lowest BCUT2D eigenvalue weighted by Crippen LogP contribution is -2.13. The lowest BCUT2D eigenvalue weighted by Gasteiger charge is -2.01. The molecule has 4 heteroatoms. The molecule has 0 aromatic heterocycles. The number of hydrogen-bond donors (Lipinski definition) is 1. The van der Waals surface area contributed by atoms with Crippen LogP contribution in [0.5, 0.6) is 0 Å². The molecule has 0 unspecified atom stereocenters. The van der Waals surface area contributed by atoms with Crippen LogP contribution in [0.25, 0.3) is 0 Å². The second-order valence-electron chi connectivity index (χ2n) is 2.45. The van der Waals surface area contributed by atoms with Crippen molar-refractivity contribution in [1.82, 2.24) is 0 Å². The van der Waals surface area contributed by atoms with E-state index < -0.39 is 11.7 Å². The maximum absolute atomic E-state index is 12.9. The van der Waals surface area contributed by atoms with Gasteiger partial charge in [0.05, 0.1) is 5.56 Å². The highest BCUT2D eigenvalue weighted by atomic mass is 35.5. The van der Waals surface area contributed by atoms with Gasteiger partial charge < -0.3 is 5.73 Å². The van der Waals surface area contributed by atoms with Crippen LogP contribution in [0, 0.1) is 12.7 Å². The van der Waals surface area contributed by atoms with E-state index in [2.05, 4.69) is 0 Å². The summed E-state index contributed by atoms with van der Waals surface area (Å²) in [6.45, 7) is 1.67. The summed E-state index contributed by atoms with van der Waals surface area (Å²) in [6.07, 6.45) is 0. The topological polar surface area (TPSA) is 43.1 Å². The maximum Gasteiger partial charge on any atom is 0.251 e. The van der Waals surface area contributed by atoms with E-state index in [0.717, 1.165) is 6.07 Å². The third-order valence-corrected chi connectivity index (χ3v) is 1.92. The molecule has 1 aromatic rings. The molecule has 0 spiro atoms. The van der Waals surface area contributed by atoms with Crippen LogP contribution in [0.2, 0.25) is 5.02 Å². The quantitative estimate of drug-likeness (QED) is 0.717. The zero-order valence-electron chi connectivity index (χ0n) is 6.40. The molecule has 0 atom stereocenters. The van der Waals surface area contributed by atoms with Crippen molar-refractivity contribution in [2.24, 2.45) is 5.73 Å². The zero-order chi connectivity index (χ0) is 9.30. The second kappa shape index (κ2) is 3.11. The van der Waals surface area contributed by atoms with Gasteiger partial charge in [-0.1, -0.05) is 11.6 Å². The van der Waals surface area contributed by atoms with Gasteiger partial charge in [0.25, 0.3) is 5.91 Å². The molecular weight excluding hydrogens is 181 g/mol. The Morgan fingerprint density at radius 3 is 2.67 bits per heavy atom. The van der Waals surface area contributed by atoms with E-state index >= 15 is 0 Å². The monoisotopic (exact) mass is 187 g/mol. The molecule has 64 valence electrons. The molecule has 0 aliphatic rings. The largest absolute Gasteiger partial charge is 0.366 e. The summed E-state index contributed by atoms with van der Waals surface area (Å²) in [5.41, 5.74) is 5.42. The molecule has 0 radical (unpaired) electrons. The first kappa shape index (κ1) is 9.00. The summed E-state index contributed by atoms with van der Waals surface area (Å²) < 4.78 is 12.9. The molecule has 0 saturated heterocycles. The fourth-order valence-corrected chi connectivity index (χ4v) is 0.996. The van der Waals surface area contributed by atoms with Gasteiger partial charge in [-0.05, 0) is 24.6 Å². The molecule has 2 N–H and O–H groups in total. The normalized spacial score (nSPS) is 9.92. The molecule has 0 bridgehead atoms. The molecule has 0 saturated carbocycles. The number of hydrogen-bond acceptors (Lipinski definition) is 1. The molecule has 1 aromatic carbocycles. The van der Waals surface area contributed by atoms with Crippen LogP contribution in [0.1, 0.15) is 15.9 Å². The van der Waals surface area contributed by atoms with Crippen molar-refractivity contribution >= 4 is 17.5 Å². The van der Waals surface area contributed by atoms with Gasteiger partial charge >= 0.3 is 0 Å². The summed E-state index contributed by atoms with van der Waals surface area (Å²) in [5.74, 6) is -1.47. The first-order valence-corrected chi connectivity index (χ1v) is 3.65. The number of rotatable bonds is 1. The molecule has 0 heterocycles. The molecule has 1 amide bonds. The third kappa shape index (κ3) is 1.56. The first-order valence-electron chi connectivity index (χ1n) is 3.28. The minimum absolute atomic E-state index is 0.128. The summed E-state index contributed by atoms with van der Waals surface area (Å²) >= 11 is 5.60. The van der Waals surface area contributed by atoms with Gasteiger partial charge in [0.1, 0.15) is 5.82 Å². The average Bonchev–Trinajstić information content (AvgIpc) is 1.96. The van der Waals surface area contributed by atoms with Gasteiger partial charge in [0.2, 0.25) is 0 Å². The van der Waals surface area contributed by atoms with Gasteiger partial charge in [0.15, 0.2) is 0 Å². The Hall–Kier alpha value is -1.09. The lowest BCUT2D eigenvalue weighted by atomic mass is 10.1. The van der Waals surface area contributed by atoms with E-state index in [1.54, 1.807) is 6.92 Å². The summed E-state index contributed by atoms with van der Waals surface area (Å²) in [4.78, 5) is 10.6. The van der Waals surface area contributed by atoms with E-state index in [1.165, 1.54) is 6.07 Å². The van der Waals surface area contributed by atoms with Crippen LogP contribution in [0.4, 0.5) is 4.39 Å². The van der Waals surface area contributed by atoms with E-state index in [9.17, 15) is 9.18 Å². The zero-order valence-corrected chi connectivity index (χ0v) is 7.15. The second-order valence-corrected chi connectivity index (χ2v) is 2.85. The summed E-state index contributed by atoms with van der Waals surface area (Å²) in [5, 5.41) is 0.289. The van der Waals surface area contributed by atoms with Crippen molar-refractivity contribution in [2.75, 3.05) is 0 Å². The van der Waals surface area contributed by atoms with Crippen molar-refractivity contribution in [3.05, 3.63) is 34.1 Å². The van der Waals surface area contributed by atoms with Gasteiger partial charge in [-0.15, -0.1) is 0 Å². The number of benzene rings is 1. The maximum atomic E-state index is 12.9. The highest BCUT2D eigenvalue weighted by molar-refractivity contribution is 6.31. The number of carbonyl (C=O) groups excluding carboxylic acids is 1. The highest BCUT2D eigenvalue weighted by Gasteiger charge is 2.09. The predicted octanol–water partition coefficient (Wildman–Crippen LogP) is 1.89. The summed E-state index contributed by atoms with van der Waals surface area (Å²) in [7, 11) is 0. The van der Waals surface area contributed by atoms with Gasteiger partial charge in [-0.25, -0.2) is 4.39 Å². The fourth-order valence-electron chi connectivity index (χ4n) is 0.846. The van der Waals surface area contributed by atoms with E-state index in [4.69, 9.17) is 17.3 Å². The van der Waals surface area contributed by atoms with Crippen molar-refractivity contribution in [2.45, 2.75) is 6.92 Å². The lowest BCUT2D eigenvalue weighted by molar-refractivity contribution is 0.0996. The van der Waals surface area contributed by atoms with Crippen LogP contribution >= 0.6 is 11.6 Å².